The van der Waals surface area contributed by atoms with Crippen LogP contribution in [0.5, 0.6) is 0 Å². The van der Waals surface area contributed by atoms with Crippen LogP contribution < -0.4 is 10.6 Å². The van der Waals surface area contributed by atoms with Crippen LogP contribution in [-0.4, -0.2) is 17.6 Å². The molecule has 6 heteroatoms. The van der Waals surface area contributed by atoms with Crippen molar-refractivity contribution in [1.29, 1.82) is 0 Å². The summed E-state index contributed by atoms with van der Waals surface area (Å²) in [6.45, 7) is 3.97. The first-order valence-corrected chi connectivity index (χ1v) is 10.1. The number of hydrogen-bond acceptors (Lipinski definition) is 3. The average Bonchev–Trinajstić information content (AvgIpc) is 2.66. The molecule has 0 heterocycles. The van der Waals surface area contributed by atoms with Gasteiger partial charge >= 0.3 is 0 Å². The summed E-state index contributed by atoms with van der Waals surface area (Å²) < 4.78 is 13.8. The minimum Gasteiger partial charge on any atom is -0.325 e. The van der Waals surface area contributed by atoms with E-state index in [0.717, 1.165) is 21.7 Å². The number of thioether (sulfide) groups is 1. The first-order valence-electron chi connectivity index (χ1n) is 9.07. The lowest BCUT2D eigenvalue weighted by molar-refractivity contribution is -0.113. The van der Waals surface area contributed by atoms with E-state index in [4.69, 9.17) is 0 Å². The van der Waals surface area contributed by atoms with Crippen LogP contribution in [-0.2, 0) is 4.79 Å². The fourth-order valence-electron chi connectivity index (χ4n) is 2.90. The molecular weight excluding hydrogens is 387 g/mol. The van der Waals surface area contributed by atoms with Gasteiger partial charge < -0.3 is 10.6 Å². The Morgan fingerprint density at radius 1 is 0.862 bits per heavy atom. The topological polar surface area (TPSA) is 58.2 Å². The van der Waals surface area contributed by atoms with E-state index in [-0.39, 0.29) is 17.2 Å². The van der Waals surface area contributed by atoms with Crippen LogP contribution in [0.2, 0.25) is 0 Å². The minimum atomic E-state index is -0.571. The van der Waals surface area contributed by atoms with Gasteiger partial charge in [-0.15, -0.1) is 11.8 Å². The summed E-state index contributed by atoms with van der Waals surface area (Å²) in [5.41, 5.74) is 3.48. The van der Waals surface area contributed by atoms with E-state index in [1.54, 1.807) is 24.3 Å². The monoisotopic (exact) mass is 408 g/mol. The first-order chi connectivity index (χ1) is 13.9. The van der Waals surface area contributed by atoms with Gasteiger partial charge in [0, 0.05) is 16.3 Å². The molecule has 0 aliphatic carbocycles. The molecule has 0 atom stereocenters. The molecule has 0 aliphatic rings. The molecule has 2 N–H and O–H groups in total. The van der Waals surface area contributed by atoms with Gasteiger partial charge in [0.1, 0.15) is 5.82 Å². The Balaban J connectivity index is 1.59. The number of hydrogen-bond donors (Lipinski definition) is 2. The fourth-order valence-corrected chi connectivity index (χ4v) is 3.66. The molecule has 148 valence electrons. The summed E-state index contributed by atoms with van der Waals surface area (Å²) in [7, 11) is 0. The van der Waals surface area contributed by atoms with Crippen LogP contribution in [0, 0.1) is 19.7 Å². The predicted molar refractivity (Wildman–Crippen MR) is 116 cm³/mol. The summed E-state index contributed by atoms with van der Waals surface area (Å²) in [5, 5.41) is 5.58. The number of carbonyl (C=O) groups excluding carboxylic acids is 2. The molecule has 0 fully saturated rings. The average molecular weight is 408 g/mol. The molecule has 0 saturated heterocycles. The quantitative estimate of drug-likeness (QED) is 0.535. The Bertz CT molecular complexity index is 1030. The van der Waals surface area contributed by atoms with Crippen molar-refractivity contribution in [1.82, 2.24) is 0 Å². The van der Waals surface area contributed by atoms with Gasteiger partial charge in [-0.3, -0.25) is 9.59 Å². The molecule has 0 aromatic heterocycles. The van der Waals surface area contributed by atoms with Gasteiger partial charge in [-0.2, -0.15) is 0 Å². The van der Waals surface area contributed by atoms with Crippen molar-refractivity contribution in [2.24, 2.45) is 0 Å². The Kier molecular flexibility index (Phi) is 6.67. The van der Waals surface area contributed by atoms with Crippen molar-refractivity contribution < 1.29 is 14.0 Å². The molecule has 0 bridgehead atoms. The summed E-state index contributed by atoms with van der Waals surface area (Å²) in [6.07, 6.45) is 0. The van der Waals surface area contributed by atoms with E-state index in [2.05, 4.69) is 10.6 Å². The summed E-state index contributed by atoms with van der Waals surface area (Å²) in [6, 6.07) is 18.8. The zero-order chi connectivity index (χ0) is 20.8. The van der Waals surface area contributed by atoms with Crippen molar-refractivity contribution >= 4 is 35.0 Å². The number of nitrogens with one attached hydrogen (secondary N) is 2. The van der Waals surface area contributed by atoms with E-state index in [0.29, 0.717) is 5.69 Å². The second kappa shape index (κ2) is 9.39. The van der Waals surface area contributed by atoms with Crippen molar-refractivity contribution in [3.05, 3.63) is 89.2 Å². The first kappa shape index (κ1) is 20.6. The highest BCUT2D eigenvalue weighted by Gasteiger charge is 2.11. The van der Waals surface area contributed by atoms with Crippen molar-refractivity contribution in [2.45, 2.75) is 18.7 Å². The third-order valence-corrected chi connectivity index (χ3v) is 5.08. The van der Waals surface area contributed by atoms with Gasteiger partial charge in [0.25, 0.3) is 5.91 Å². The maximum absolute atomic E-state index is 13.8. The highest BCUT2D eigenvalue weighted by Crippen LogP contribution is 2.23. The number of aryl methyl sites for hydroxylation is 2. The number of amides is 2. The largest absolute Gasteiger partial charge is 0.325 e. The normalized spacial score (nSPS) is 10.4. The van der Waals surface area contributed by atoms with Crippen LogP contribution in [0.1, 0.15) is 21.5 Å². The molecule has 0 spiro atoms. The summed E-state index contributed by atoms with van der Waals surface area (Å²) in [4.78, 5) is 25.3. The maximum Gasteiger partial charge on any atom is 0.258 e. The molecule has 29 heavy (non-hydrogen) atoms. The number of halogens is 1. The molecule has 3 rings (SSSR count). The Morgan fingerprint density at radius 2 is 1.59 bits per heavy atom. The third-order valence-electron chi connectivity index (χ3n) is 4.09. The van der Waals surface area contributed by atoms with Gasteiger partial charge in [0.2, 0.25) is 5.91 Å². The van der Waals surface area contributed by atoms with Crippen LogP contribution in [0.4, 0.5) is 15.8 Å². The van der Waals surface area contributed by atoms with Crippen LogP contribution in [0.3, 0.4) is 0 Å². The molecule has 2 amide bonds. The van der Waals surface area contributed by atoms with Crippen LogP contribution in [0.15, 0.2) is 71.6 Å². The molecule has 0 saturated carbocycles. The van der Waals surface area contributed by atoms with E-state index in [1.807, 2.05) is 38.1 Å². The predicted octanol–water partition coefficient (Wildman–Crippen LogP) is 5.43. The highest BCUT2D eigenvalue weighted by atomic mass is 32.2. The van der Waals surface area contributed by atoms with Crippen molar-refractivity contribution in [3.8, 4) is 0 Å². The molecule has 0 radical (unpaired) electrons. The van der Waals surface area contributed by atoms with Gasteiger partial charge in [-0.1, -0.05) is 24.3 Å². The van der Waals surface area contributed by atoms with E-state index < -0.39 is 11.7 Å². The lowest BCUT2D eigenvalue weighted by Gasteiger charge is -2.09. The highest BCUT2D eigenvalue weighted by molar-refractivity contribution is 8.00. The third kappa shape index (κ3) is 5.93. The van der Waals surface area contributed by atoms with Crippen LogP contribution >= 0.6 is 11.8 Å². The smallest absolute Gasteiger partial charge is 0.258 e. The number of benzene rings is 3. The zero-order valence-electron chi connectivity index (χ0n) is 16.2. The van der Waals surface area contributed by atoms with Gasteiger partial charge in [0.05, 0.1) is 11.3 Å². The molecule has 3 aromatic rings. The molecule has 3 aromatic carbocycles. The molecule has 0 unspecified atom stereocenters. The summed E-state index contributed by atoms with van der Waals surface area (Å²) >= 11 is 1.36. The lowest BCUT2D eigenvalue weighted by atomic mass is 10.1. The number of rotatable bonds is 6. The van der Waals surface area contributed by atoms with Gasteiger partial charge in [-0.25, -0.2) is 4.39 Å². The molecule has 0 aliphatic heterocycles. The zero-order valence-corrected chi connectivity index (χ0v) is 17.0. The Hall–Kier alpha value is -3.12. The Labute approximate surface area is 173 Å². The molecular formula is C23H21FN2O2S. The maximum atomic E-state index is 13.8. The van der Waals surface area contributed by atoms with Crippen LogP contribution in [0.25, 0.3) is 0 Å². The lowest BCUT2D eigenvalue weighted by Crippen LogP contribution is -2.14. The Morgan fingerprint density at radius 3 is 2.31 bits per heavy atom. The number of carbonyl (C=O) groups is 2. The van der Waals surface area contributed by atoms with E-state index in [9.17, 15) is 14.0 Å². The van der Waals surface area contributed by atoms with Crippen molar-refractivity contribution in [2.75, 3.05) is 16.4 Å². The van der Waals surface area contributed by atoms with E-state index in [1.165, 1.54) is 30.0 Å². The second-order valence-corrected chi connectivity index (χ2v) is 7.72. The van der Waals surface area contributed by atoms with Gasteiger partial charge in [-0.05, 0) is 67.4 Å². The second-order valence-electron chi connectivity index (χ2n) is 6.68. The standard InChI is InChI=1S/C23H21FN2O2S/c1-15-10-16(2)12-18(11-15)25-22(27)14-29-19-7-5-6-17(13-19)26-23(28)20-8-3-4-9-21(20)24/h3-13H,14H2,1-2H3,(H,25,27)(H,26,28). The minimum absolute atomic E-state index is 0.0154. The van der Waals surface area contributed by atoms with Gasteiger partial charge in [0.15, 0.2) is 0 Å². The fraction of sp³-hybridized carbons (Fsp3) is 0.130. The SMILES string of the molecule is Cc1cc(C)cc(NC(=O)CSc2cccc(NC(=O)c3ccccc3F)c2)c1. The summed E-state index contributed by atoms with van der Waals surface area (Å²) in [5.74, 6) is -0.963. The van der Waals surface area contributed by atoms with Crippen molar-refractivity contribution in [3.63, 3.8) is 0 Å². The molecule has 4 nitrogen and oxygen atoms in total. The number of anilines is 2. The van der Waals surface area contributed by atoms with E-state index >= 15 is 0 Å².